The monoisotopic (exact) mass is 402 g/mol. The van der Waals surface area contributed by atoms with Gasteiger partial charge in [-0.05, 0) is 12.7 Å². The number of aromatic hydroxyl groups is 1. The lowest BCUT2D eigenvalue weighted by atomic mass is 10.1. The second-order valence-corrected chi connectivity index (χ2v) is 7.31. The van der Waals surface area contributed by atoms with Crippen molar-refractivity contribution in [1.82, 2.24) is 4.90 Å². The van der Waals surface area contributed by atoms with Gasteiger partial charge in [0, 0.05) is 19.1 Å². The molecule has 0 bridgehead atoms. The maximum atomic E-state index is 14.2. The molecule has 1 aromatic rings. The van der Waals surface area contributed by atoms with Crippen LogP contribution in [0.5, 0.6) is 11.5 Å². The van der Waals surface area contributed by atoms with Gasteiger partial charge >= 0.3 is 0 Å². The van der Waals surface area contributed by atoms with Crippen LogP contribution in [0, 0.1) is 10.1 Å². The number of benzene rings is 1. The summed E-state index contributed by atoms with van der Waals surface area (Å²) < 4.78 is 24.8. The minimum absolute atomic E-state index is 0.0687. The summed E-state index contributed by atoms with van der Waals surface area (Å²) in [5, 5.41) is 21.2. The number of hydrogen-bond acceptors (Lipinski definition) is 7. The molecular weight excluding hydrogens is 379 g/mol. The van der Waals surface area contributed by atoms with Crippen molar-refractivity contribution in [3.8, 4) is 11.5 Å². The number of methoxy groups -OCH3 is 1. The molecule has 1 aliphatic heterocycles. The third-order valence-corrected chi connectivity index (χ3v) is 5.37. The van der Waals surface area contributed by atoms with Crippen LogP contribution in [0.4, 0.5) is 10.1 Å². The standard InChI is InChI=1S/C17H23FN2O6S/c1-4-26-17(27-5-2)13-6-10(18)9-19(13)16(22)11-7-15(25-3)14(21)8-12(11)20(23)24/h7-8,10,13,17,21H,4-6,9H2,1-3H3/t10?,13-,17?/m0/s1. The van der Waals surface area contributed by atoms with E-state index in [4.69, 9.17) is 9.47 Å². The van der Waals surface area contributed by atoms with Crippen molar-refractivity contribution in [3.63, 3.8) is 0 Å². The van der Waals surface area contributed by atoms with Crippen LogP contribution in [0.1, 0.15) is 30.6 Å². The zero-order chi connectivity index (χ0) is 20.1. The molecule has 8 nitrogen and oxygen atoms in total. The molecule has 1 fully saturated rings. The number of thioether (sulfide) groups is 1. The van der Waals surface area contributed by atoms with Crippen LogP contribution in [0.3, 0.4) is 0 Å². The van der Waals surface area contributed by atoms with Gasteiger partial charge < -0.3 is 19.5 Å². The summed E-state index contributed by atoms with van der Waals surface area (Å²) in [6.45, 7) is 3.98. The highest BCUT2D eigenvalue weighted by atomic mass is 32.2. The molecule has 0 spiro atoms. The van der Waals surface area contributed by atoms with E-state index >= 15 is 0 Å². The number of rotatable bonds is 8. The van der Waals surface area contributed by atoms with Crippen molar-refractivity contribution >= 4 is 23.4 Å². The molecule has 1 amide bonds. The average molecular weight is 402 g/mol. The fourth-order valence-electron chi connectivity index (χ4n) is 3.10. The number of nitrogens with zero attached hydrogens (tertiary/aromatic N) is 2. The van der Waals surface area contributed by atoms with Gasteiger partial charge in [-0.2, -0.15) is 0 Å². The lowest BCUT2D eigenvalue weighted by Gasteiger charge is -2.30. The van der Waals surface area contributed by atoms with Crippen molar-refractivity contribution in [2.24, 2.45) is 0 Å². The van der Waals surface area contributed by atoms with Crippen molar-refractivity contribution in [2.45, 2.75) is 37.9 Å². The Hall–Kier alpha value is -2.07. The van der Waals surface area contributed by atoms with Gasteiger partial charge in [-0.15, -0.1) is 11.8 Å². The summed E-state index contributed by atoms with van der Waals surface area (Å²) in [6.07, 6.45) is -1.13. The third-order valence-electron chi connectivity index (χ3n) is 4.25. The second-order valence-electron chi connectivity index (χ2n) is 5.94. The molecule has 1 aromatic carbocycles. The first-order valence-corrected chi connectivity index (χ1v) is 9.62. The molecule has 1 N–H and O–H groups in total. The van der Waals surface area contributed by atoms with E-state index in [1.165, 1.54) is 23.8 Å². The minimum Gasteiger partial charge on any atom is -0.504 e. The zero-order valence-electron chi connectivity index (χ0n) is 15.4. The number of amides is 1. The Bertz CT molecular complexity index is 698. The Balaban J connectivity index is 2.43. The summed E-state index contributed by atoms with van der Waals surface area (Å²) in [7, 11) is 1.27. The van der Waals surface area contributed by atoms with E-state index in [0.717, 1.165) is 12.1 Å². The van der Waals surface area contributed by atoms with E-state index in [2.05, 4.69) is 0 Å². The van der Waals surface area contributed by atoms with E-state index in [1.54, 1.807) is 0 Å². The van der Waals surface area contributed by atoms with Crippen molar-refractivity contribution in [2.75, 3.05) is 26.0 Å². The first-order valence-electron chi connectivity index (χ1n) is 8.57. The summed E-state index contributed by atoms with van der Waals surface area (Å²) in [4.78, 5) is 25.0. The molecule has 150 valence electrons. The minimum atomic E-state index is -1.24. The lowest BCUT2D eigenvalue weighted by Crippen LogP contribution is -2.43. The Kier molecular flexibility index (Phi) is 7.25. The van der Waals surface area contributed by atoms with Crippen molar-refractivity contribution in [1.29, 1.82) is 0 Å². The van der Waals surface area contributed by atoms with Crippen LogP contribution in [0.2, 0.25) is 0 Å². The SMILES string of the molecule is CCOC(SCC)[C@@H]1CC(F)CN1C(=O)c1cc(OC)c(O)cc1[N+](=O)[O-]. The normalized spacial score (nSPS) is 20.5. The van der Waals surface area contributed by atoms with Crippen LogP contribution < -0.4 is 4.74 Å². The summed E-state index contributed by atoms with van der Waals surface area (Å²) in [5.74, 6) is -0.490. The number of alkyl halides is 1. The molecule has 10 heteroatoms. The molecule has 1 aliphatic rings. The van der Waals surface area contributed by atoms with Gasteiger partial charge in [0.1, 0.15) is 17.2 Å². The average Bonchev–Trinajstić information content (AvgIpc) is 3.02. The molecule has 1 heterocycles. The fraction of sp³-hybridized carbons (Fsp3) is 0.588. The van der Waals surface area contributed by atoms with Gasteiger partial charge in [0.2, 0.25) is 0 Å². The van der Waals surface area contributed by atoms with Crippen molar-refractivity contribution in [3.05, 3.63) is 27.8 Å². The smallest absolute Gasteiger partial charge is 0.286 e. The zero-order valence-corrected chi connectivity index (χ0v) is 16.2. The van der Waals surface area contributed by atoms with E-state index in [0.29, 0.717) is 12.4 Å². The summed E-state index contributed by atoms with van der Waals surface area (Å²) in [6, 6.07) is 1.43. The highest BCUT2D eigenvalue weighted by Crippen LogP contribution is 2.37. The third kappa shape index (κ3) is 4.62. The van der Waals surface area contributed by atoms with Crippen LogP contribution in [0.25, 0.3) is 0 Å². The Morgan fingerprint density at radius 2 is 2.22 bits per heavy atom. The molecule has 0 saturated carbocycles. The highest BCUT2D eigenvalue weighted by molar-refractivity contribution is 7.99. The number of phenols is 1. The molecule has 1 saturated heterocycles. The number of nitro benzene ring substituents is 1. The molecule has 2 rings (SSSR count). The quantitative estimate of drug-likeness (QED) is 0.405. The molecule has 0 aromatic heterocycles. The van der Waals surface area contributed by atoms with Gasteiger partial charge in [0.05, 0.1) is 30.7 Å². The molecule has 27 heavy (non-hydrogen) atoms. The lowest BCUT2D eigenvalue weighted by molar-refractivity contribution is -0.385. The van der Waals surface area contributed by atoms with Crippen molar-refractivity contribution < 1.29 is 28.7 Å². The van der Waals surface area contributed by atoms with Crippen LogP contribution in [-0.4, -0.2) is 64.5 Å². The van der Waals surface area contributed by atoms with E-state index in [9.17, 15) is 24.4 Å². The number of ether oxygens (including phenoxy) is 2. The van der Waals surface area contributed by atoms with E-state index in [1.807, 2.05) is 13.8 Å². The molecule has 0 aliphatic carbocycles. The number of carbonyl (C=O) groups is 1. The molecule has 0 radical (unpaired) electrons. The molecule has 3 atom stereocenters. The van der Waals surface area contributed by atoms with Gasteiger partial charge in [-0.3, -0.25) is 14.9 Å². The van der Waals surface area contributed by atoms with Gasteiger partial charge in [-0.25, -0.2) is 4.39 Å². The number of halogens is 1. The van der Waals surface area contributed by atoms with Crippen LogP contribution in [-0.2, 0) is 4.74 Å². The van der Waals surface area contributed by atoms with Gasteiger partial charge in [-0.1, -0.05) is 6.92 Å². The Morgan fingerprint density at radius 3 is 2.78 bits per heavy atom. The Morgan fingerprint density at radius 1 is 1.52 bits per heavy atom. The number of phenolic OH excluding ortho intramolecular Hbond substituents is 1. The summed E-state index contributed by atoms with van der Waals surface area (Å²) >= 11 is 1.46. The fourth-order valence-corrected chi connectivity index (χ4v) is 4.14. The molecular formula is C17H23FN2O6S. The Labute approximate surface area is 160 Å². The summed E-state index contributed by atoms with van der Waals surface area (Å²) in [5.41, 5.74) is -1.25. The van der Waals surface area contributed by atoms with E-state index in [-0.39, 0.29) is 24.3 Å². The second kappa shape index (κ2) is 9.23. The van der Waals surface area contributed by atoms with Gasteiger partial charge in [0.25, 0.3) is 11.6 Å². The topological polar surface area (TPSA) is 102 Å². The molecule has 2 unspecified atom stereocenters. The highest BCUT2D eigenvalue weighted by Gasteiger charge is 2.42. The first kappa shape index (κ1) is 21.2. The largest absolute Gasteiger partial charge is 0.504 e. The number of nitro groups is 1. The maximum Gasteiger partial charge on any atom is 0.286 e. The maximum absolute atomic E-state index is 14.2. The van der Waals surface area contributed by atoms with E-state index < -0.39 is 39.9 Å². The first-order chi connectivity index (χ1) is 12.8. The predicted octanol–water partition coefficient (Wildman–Crippen LogP) is 2.98. The predicted molar refractivity (Wildman–Crippen MR) is 99.2 cm³/mol. The number of likely N-dealkylation sites (tertiary alicyclic amines) is 1. The number of hydrogen-bond donors (Lipinski definition) is 1. The van der Waals surface area contributed by atoms with Crippen LogP contribution >= 0.6 is 11.8 Å². The number of carbonyl (C=O) groups excluding carboxylic acids is 1. The van der Waals surface area contributed by atoms with Crippen LogP contribution in [0.15, 0.2) is 12.1 Å². The van der Waals surface area contributed by atoms with Gasteiger partial charge in [0.15, 0.2) is 11.5 Å².